The summed E-state index contributed by atoms with van der Waals surface area (Å²) in [6, 6.07) is 11.1. The van der Waals surface area contributed by atoms with Crippen LogP contribution in [0.3, 0.4) is 0 Å². The van der Waals surface area contributed by atoms with Crippen LogP contribution >= 0.6 is 0 Å². The molecule has 1 aliphatic heterocycles. The first-order chi connectivity index (χ1) is 14.4. The van der Waals surface area contributed by atoms with Gasteiger partial charge < -0.3 is 9.73 Å². The second-order valence-electron chi connectivity index (χ2n) is 7.14. The second kappa shape index (κ2) is 7.91. The Kier molecular flexibility index (Phi) is 5.29. The third-order valence-corrected chi connectivity index (χ3v) is 6.24. The summed E-state index contributed by atoms with van der Waals surface area (Å²) < 4.78 is 32.6. The van der Waals surface area contributed by atoms with Crippen molar-refractivity contribution in [2.75, 3.05) is 5.32 Å². The molecule has 4 rings (SSSR count). The molecule has 2 aromatic carbocycles. The molecule has 2 N–H and O–H groups in total. The molecule has 1 aromatic heterocycles. The maximum absolute atomic E-state index is 13.0. The van der Waals surface area contributed by atoms with Crippen molar-refractivity contribution in [1.29, 1.82) is 0 Å². The number of carbonyl (C=O) groups is 1. The molecular weight excluding hydrogens is 404 g/mol. The highest BCUT2D eigenvalue weighted by Gasteiger charge is 2.31. The normalized spacial score (nSPS) is 16.9. The van der Waals surface area contributed by atoms with Gasteiger partial charge in [0.15, 0.2) is 11.5 Å². The molecule has 1 aliphatic rings. The molecule has 1 amide bonds. The molecule has 0 saturated carbocycles. The van der Waals surface area contributed by atoms with E-state index in [2.05, 4.69) is 20.0 Å². The number of unbranched alkanes of at least 4 members (excludes halogenated alkanes) is 1. The van der Waals surface area contributed by atoms with Gasteiger partial charge >= 0.3 is 0 Å². The number of amidine groups is 1. The summed E-state index contributed by atoms with van der Waals surface area (Å²) >= 11 is 0. The van der Waals surface area contributed by atoms with Gasteiger partial charge in [-0.05, 0) is 36.8 Å². The van der Waals surface area contributed by atoms with Crippen LogP contribution in [0, 0.1) is 6.92 Å². The SMILES string of the molecule is CCCCC(N=C1NS(=O)(=O)c2ccccc21)C(=O)Nc1ccc2oc(C)nc2c1. The van der Waals surface area contributed by atoms with Gasteiger partial charge in [0.05, 0.1) is 4.90 Å². The summed E-state index contributed by atoms with van der Waals surface area (Å²) in [7, 11) is -3.66. The lowest BCUT2D eigenvalue weighted by atomic mass is 10.1. The quantitative estimate of drug-likeness (QED) is 0.627. The zero-order valence-electron chi connectivity index (χ0n) is 16.7. The van der Waals surface area contributed by atoms with E-state index in [0.717, 1.165) is 12.8 Å². The fraction of sp³-hybridized carbons (Fsp3) is 0.286. The molecule has 8 nitrogen and oxygen atoms in total. The number of benzene rings is 2. The van der Waals surface area contributed by atoms with Crippen molar-refractivity contribution >= 4 is 38.6 Å². The number of hydrogen-bond donors (Lipinski definition) is 2. The Bertz CT molecular complexity index is 1250. The Morgan fingerprint density at radius 3 is 2.87 bits per heavy atom. The van der Waals surface area contributed by atoms with E-state index in [1.54, 1.807) is 43.3 Å². The molecule has 1 atom stereocenters. The van der Waals surface area contributed by atoms with Crippen LogP contribution in [0.4, 0.5) is 5.69 Å². The number of anilines is 1. The third kappa shape index (κ3) is 3.93. The average molecular weight is 426 g/mol. The Hall–Kier alpha value is -3.20. The van der Waals surface area contributed by atoms with Gasteiger partial charge in [-0.2, -0.15) is 0 Å². The topological polar surface area (TPSA) is 114 Å². The maximum Gasteiger partial charge on any atom is 0.263 e. The number of hydrogen-bond acceptors (Lipinski definition) is 6. The Morgan fingerprint density at radius 2 is 2.07 bits per heavy atom. The minimum atomic E-state index is -3.66. The lowest BCUT2D eigenvalue weighted by Crippen LogP contribution is -2.30. The lowest BCUT2D eigenvalue weighted by molar-refractivity contribution is -0.117. The molecule has 2 heterocycles. The second-order valence-corrected chi connectivity index (χ2v) is 8.79. The molecule has 0 saturated heterocycles. The molecule has 3 aromatic rings. The number of nitrogens with one attached hydrogen (secondary N) is 2. The van der Waals surface area contributed by atoms with Gasteiger partial charge in [-0.15, -0.1) is 0 Å². The van der Waals surface area contributed by atoms with Gasteiger partial charge in [0.2, 0.25) is 5.91 Å². The van der Waals surface area contributed by atoms with Gasteiger partial charge in [-0.1, -0.05) is 31.9 Å². The third-order valence-electron chi connectivity index (χ3n) is 4.84. The van der Waals surface area contributed by atoms with Gasteiger partial charge in [-0.3, -0.25) is 14.5 Å². The van der Waals surface area contributed by atoms with Gasteiger partial charge in [0.25, 0.3) is 10.0 Å². The number of carbonyl (C=O) groups excluding carboxylic acids is 1. The van der Waals surface area contributed by atoms with Crippen molar-refractivity contribution in [3.8, 4) is 0 Å². The van der Waals surface area contributed by atoms with Crippen LogP contribution in [0.2, 0.25) is 0 Å². The number of oxazole rings is 1. The molecule has 0 bridgehead atoms. The number of fused-ring (bicyclic) bond motifs is 2. The first kappa shape index (κ1) is 20.1. The summed E-state index contributed by atoms with van der Waals surface area (Å²) in [4.78, 5) is 21.9. The van der Waals surface area contributed by atoms with E-state index in [1.165, 1.54) is 6.07 Å². The number of amides is 1. The highest BCUT2D eigenvalue weighted by atomic mass is 32.2. The summed E-state index contributed by atoms with van der Waals surface area (Å²) in [6.45, 7) is 3.78. The van der Waals surface area contributed by atoms with Crippen LogP contribution < -0.4 is 10.0 Å². The number of aliphatic imine (C=N–C) groups is 1. The van der Waals surface area contributed by atoms with Crippen LogP contribution in [0.5, 0.6) is 0 Å². The molecular formula is C21H22N4O4S. The van der Waals surface area contributed by atoms with Crippen LogP contribution in [0.1, 0.15) is 37.6 Å². The largest absolute Gasteiger partial charge is 0.441 e. The maximum atomic E-state index is 13.0. The zero-order chi connectivity index (χ0) is 21.3. The number of aryl methyl sites for hydroxylation is 1. The summed E-state index contributed by atoms with van der Waals surface area (Å²) in [5.74, 6) is 0.441. The van der Waals surface area contributed by atoms with E-state index in [4.69, 9.17) is 4.42 Å². The zero-order valence-corrected chi connectivity index (χ0v) is 17.5. The number of nitrogens with zero attached hydrogens (tertiary/aromatic N) is 2. The first-order valence-electron chi connectivity index (χ1n) is 9.75. The van der Waals surface area contributed by atoms with Crippen molar-refractivity contribution in [3.63, 3.8) is 0 Å². The van der Waals surface area contributed by atoms with E-state index in [0.29, 0.717) is 34.7 Å². The van der Waals surface area contributed by atoms with Crippen LogP contribution in [0.15, 0.2) is 56.8 Å². The standard InChI is InChI=1S/C21H22N4O4S/c1-3-4-8-16(24-20-15-7-5-6-9-19(15)30(27,28)25-20)21(26)23-14-10-11-18-17(12-14)22-13(2)29-18/h5-7,9-12,16H,3-4,8H2,1-2H3,(H,23,26)(H,24,25). The Labute approximate surface area is 174 Å². The molecule has 30 heavy (non-hydrogen) atoms. The smallest absolute Gasteiger partial charge is 0.263 e. The fourth-order valence-electron chi connectivity index (χ4n) is 3.38. The minimum Gasteiger partial charge on any atom is -0.441 e. The minimum absolute atomic E-state index is 0.172. The van der Waals surface area contributed by atoms with Gasteiger partial charge in [0, 0.05) is 18.2 Å². The highest BCUT2D eigenvalue weighted by molar-refractivity contribution is 7.90. The van der Waals surface area contributed by atoms with Crippen LogP contribution in [-0.4, -0.2) is 31.2 Å². The number of sulfonamides is 1. The van der Waals surface area contributed by atoms with Crippen molar-refractivity contribution in [3.05, 3.63) is 53.9 Å². The molecule has 0 aliphatic carbocycles. The molecule has 0 spiro atoms. The number of aromatic nitrogens is 1. The average Bonchev–Trinajstić information content (AvgIpc) is 3.20. The lowest BCUT2D eigenvalue weighted by Gasteiger charge is -2.14. The van der Waals surface area contributed by atoms with Crippen molar-refractivity contribution < 1.29 is 17.6 Å². The Morgan fingerprint density at radius 1 is 1.27 bits per heavy atom. The van der Waals surface area contributed by atoms with E-state index < -0.39 is 16.1 Å². The van der Waals surface area contributed by atoms with E-state index in [9.17, 15) is 13.2 Å². The summed E-state index contributed by atoms with van der Waals surface area (Å²) in [6.07, 6.45) is 2.17. The van der Waals surface area contributed by atoms with E-state index in [-0.39, 0.29) is 16.6 Å². The molecule has 1 unspecified atom stereocenters. The highest BCUT2D eigenvalue weighted by Crippen LogP contribution is 2.24. The fourth-order valence-corrected chi connectivity index (χ4v) is 4.62. The predicted octanol–water partition coefficient (Wildman–Crippen LogP) is 3.37. The van der Waals surface area contributed by atoms with Crippen LogP contribution in [-0.2, 0) is 14.8 Å². The van der Waals surface area contributed by atoms with Crippen LogP contribution in [0.25, 0.3) is 11.1 Å². The van der Waals surface area contributed by atoms with Gasteiger partial charge in [0.1, 0.15) is 17.4 Å². The van der Waals surface area contributed by atoms with Gasteiger partial charge in [-0.25, -0.2) is 13.4 Å². The van der Waals surface area contributed by atoms with Crippen molar-refractivity contribution in [2.45, 2.75) is 44.0 Å². The summed E-state index contributed by atoms with van der Waals surface area (Å²) in [5.41, 5.74) is 2.35. The predicted molar refractivity (Wildman–Crippen MR) is 114 cm³/mol. The van der Waals surface area contributed by atoms with Crippen molar-refractivity contribution in [1.82, 2.24) is 9.71 Å². The monoisotopic (exact) mass is 426 g/mol. The van der Waals surface area contributed by atoms with Crippen molar-refractivity contribution in [2.24, 2.45) is 4.99 Å². The molecule has 9 heteroatoms. The summed E-state index contributed by atoms with van der Waals surface area (Å²) in [5, 5.41) is 2.87. The molecule has 156 valence electrons. The molecule has 0 fully saturated rings. The number of rotatable bonds is 6. The Balaban J connectivity index is 1.62. The molecule has 0 radical (unpaired) electrons. The van der Waals surface area contributed by atoms with E-state index in [1.807, 2.05) is 6.92 Å². The van der Waals surface area contributed by atoms with E-state index >= 15 is 0 Å². The first-order valence-corrected chi connectivity index (χ1v) is 11.2.